The van der Waals surface area contributed by atoms with Gasteiger partial charge in [0.05, 0.1) is 10.9 Å². The summed E-state index contributed by atoms with van der Waals surface area (Å²) in [6.07, 6.45) is -4.62. The topological polar surface area (TPSA) is 54.9 Å². The molecular weight excluding hydrogens is 467 g/mol. The van der Waals surface area contributed by atoms with Gasteiger partial charge in [-0.05, 0) is 37.3 Å². The van der Waals surface area contributed by atoms with Crippen molar-refractivity contribution in [2.75, 3.05) is 5.32 Å². The van der Waals surface area contributed by atoms with Crippen molar-refractivity contribution in [1.82, 2.24) is 9.97 Å². The van der Waals surface area contributed by atoms with E-state index in [0.29, 0.717) is 11.3 Å². The average Bonchev–Trinajstić information content (AvgIpc) is 2.69. The fourth-order valence-corrected chi connectivity index (χ4v) is 3.42. The van der Waals surface area contributed by atoms with Gasteiger partial charge in [-0.2, -0.15) is 13.2 Å². The highest BCUT2D eigenvalue weighted by atomic mass is 79.9. The number of benzene rings is 2. The first-order valence-corrected chi connectivity index (χ1v) is 10.1. The molecule has 9 heteroatoms. The van der Waals surface area contributed by atoms with Crippen molar-refractivity contribution in [3.05, 3.63) is 70.8 Å². The number of hydrogen-bond donors (Lipinski definition) is 1. The van der Waals surface area contributed by atoms with E-state index in [9.17, 15) is 18.0 Å². The molecule has 1 N–H and O–H groups in total. The Bertz CT molecular complexity index is 998. The number of aromatic nitrogens is 2. The molecule has 4 nitrogen and oxygen atoms in total. The molecule has 0 aliphatic heterocycles. The average molecular weight is 482 g/mol. The number of anilines is 1. The van der Waals surface area contributed by atoms with E-state index in [-0.39, 0.29) is 16.8 Å². The van der Waals surface area contributed by atoms with Crippen molar-refractivity contribution in [3.63, 3.8) is 0 Å². The Labute approximate surface area is 178 Å². The highest BCUT2D eigenvalue weighted by Crippen LogP contribution is 2.33. The fourth-order valence-electron chi connectivity index (χ4n) is 2.37. The van der Waals surface area contributed by atoms with Crippen molar-refractivity contribution in [3.8, 4) is 11.3 Å². The summed E-state index contributed by atoms with van der Waals surface area (Å²) in [7, 11) is 0. The first-order valence-electron chi connectivity index (χ1n) is 8.47. The zero-order valence-electron chi connectivity index (χ0n) is 15.1. The number of rotatable bonds is 5. The van der Waals surface area contributed by atoms with Crippen LogP contribution in [0.4, 0.5) is 18.9 Å². The molecule has 0 fully saturated rings. The van der Waals surface area contributed by atoms with Gasteiger partial charge in [-0.1, -0.05) is 58.0 Å². The Hall–Kier alpha value is -2.39. The summed E-state index contributed by atoms with van der Waals surface area (Å²) >= 11 is 4.18. The van der Waals surface area contributed by atoms with Crippen molar-refractivity contribution >= 4 is 39.3 Å². The van der Waals surface area contributed by atoms with E-state index >= 15 is 0 Å². The number of nitrogens with one attached hydrogen (secondary N) is 1. The minimum absolute atomic E-state index is 0.114. The fraction of sp³-hybridized carbons (Fsp3) is 0.150. The van der Waals surface area contributed by atoms with Crippen molar-refractivity contribution in [2.45, 2.75) is 23.5 Å². The molecule has 1 aromatic heterocycles. The van der Waals surface area contributed by atoms with Gasteiger partial charge in [0.1, 0.15) is 5.69 Å². The van der Waals surface area contributed by atoms with Gasteiger partial charge < -0.3 is 5.32 Å². The molecule has 0 bridgehead atoms. The summed E-state index contributed by atoms with van der Waals surface area (Å²) in [6, 6.07) is 16.4. The molecule has 2 aromatic carbocycles. The molecule has 1 amide bonds. The van der Waals surface area contributed by atoms with Gasteiger partial charge >= 0.3 is 6.18 Å². The second kappa shape index (κ2) is 8.96. The van der Waals surface area contributed by atoms with Crippen LogP contribution in [0, 0.1) is 0 Å². The lowest BCUT2D eigenvalue weighted by Gasteiger charge is -2.14. The molecule has 0 saturated heterocycles. The predicted molar refractivity (Wildman–Crippen MR) is 111 cm³/mol. The number of carbonyl (C=O) groups excluding carboxylic acids is 1. The molecule has 0 radical (unpaired) electrons. The Kier molecular flexibility index (Phi) is 6.59. The number of hydrogen-bond acceptors (Lipinski definition) is 4. The van der Waals surface area contributed by atoms with Crippen LogP contribution in [0.15, 0.2) is 70.3 Å². The van der Waals surface area contributed by atoms with E-state index in [0.717, 1.165) is 22.3 Å². The van der Waals surface area contributed by atoms with Crippen molar-refractivity contribution in [2.24, 2.45) is 0 Å². The number of amides is 1. The first-order chi connectivity index (χ1) is 13.7. The summed E-state index contributed by atoms with van der Waals surface area (Å²) < 4.78 is 40.8. The molecule has 1 heterocycles. The van der Waals surface area contributed by atoms with Crippen LogP contribution in [-0.2, 0) is 11.0 Å². The van der Waals surface area contributed by atoms with Crippen LogP contribution < -0.4 is 5.32 Å². The maximum absolute atomic E-state index is 13.3. The van der Waals surface area contributed by atoms with E-state index < -0.39 is 17.1 Å². The molecular formula is C20H15BrF3N3OS. The van der Waals surface area contributed by atoms with E-state index in [1.807, 2.05) is 0 Å². The molecule has 3 rings (SSSR count). The molecule has 0 aliphatic carbocycles. The van der Waals surface area contributed by atoms with Crippen LogP contribution in [0.1, 0.15) is 12.6 Å². The van der Waals surface area contributed by atoms with E-state index in [4.69, 9.17) is 0 Å². The van der Waals surface area contributed by atoms with Gasteiger partial charge in [-0.3, -0.25) is 4.79 Å². The van der Waals surface area contributed by atoms with Gasteiger partial charge in [-0.25, -0.2) is 9.97 Å². The lowest BCUT2D eigenvalue weighted by molar-refractivity contribution is -0.141. The Morgan fingerprint density at radius 1 is 1.07 bits per heavy atom. The SMILES string of the molecule is CC(Sc1nc(-c2ccccc2)cc(C(F)(F)F)n1)C(=O)Nc1ccc(Br)cc1. The van der Waals surface area contributed by atoms with E-state index in [2.05, 4.69) is 31.2 Å². The largest absolute Gasteiger partial charge is 0.433 e. The quantitative estimate of drug-likeness (QED) is 0.356. The summed E-state index contributed by atoms with van der Waals surface area (Å²) in [4.78, 5) is 20.3. The van der Waals surface area contributed by atoms with E-state index in [1.54, 1.807) is 61.5 Å². The lowest BCUT2D eigenvalue weighted by atomic mass is 10.1. The van der Waals surface area contributed by atoms with Gasteiger partial charge in [0, 0.05) is 15.7 Å². The molecule has 0 aliphatic rings. The molecule has 29 heavy (non-hydrogen) atoms. The van der Waals surface area contributed by atoms with Crippen LogP contribution in [0.5, 0.6) is 0 Å². The molecule has 3 aromatic rings. The number of halogens is 4. The highest BCUT2D eigenvalue weighted by Gasteiger charge is 2.34. The minimum atomic E-state index is -4.62. The second-order valence-corrected chi connectivity index (χ2v) is 8.26. The number of alkyl halides is 3. The summed E-state index contributed by atoms with van der Waals surface area (Å²) in [6.45, 7) is 1.59. The van der Waals surface area contributed by atoms with Gasteiger partial charge in [0.15, 0.2) is 5.16 Å². The van der Waals surface area contributed by atoms with Gasteiger partial charge in [-0.15, -0.1) is 0 Å². The van der Waals surface area contributed by atoms with Crippen LogP contribution >= 0.6 is 27.7 Å². The maximum Gasteiger partial charge on any atom is 0.433 e. The maximum atomic E-state index is 13.3. The van der Waals surface area contributed by atoms with Crippen molar-refractivity contribution in [1.29, 1.82) is 0 Å². The number of carbonyl (C=O) groups is 1. The third-order valence-electron chi connectivity index (χ3n) is 3.83. The molecule has 150 valence electrons. The second-order valence-electron chi connectivity index (χ2n) is 6.04. The van der Waals surface area contributed by atoms with Crippen LogP contribution in [0.2, 0.25) is 0 Å². The van der Waals surface area contributed by atoms with Crippen molar-refractivity contribution < 1.29 is 18.0 Å². The summed E-state index contributed by atoms with van der Waals surface area (Å²) in [5.41, 5.74) is 0.222. The summed E-state index contributed by atoms with van der Waals surface area (Å²) in [5, 5.41) is 1.91. The predicted octanol–water partition coefficient (Wildman–Crippen LogP) is 6.04. The third-order valence-corrected chi connectivity index (χ3v) is 5.32. The summed E-state index contributed by atoms with van der Waals surface area (Å²) in [5.74, 6) is -0.361. The van der Waals surface area contributed by atoms with Gasteiger partial charge in [0.2, 0.25) is 5.91 Å². The normalized spacial score (nSPS) is 12.4. The zero-order chi connectivity index (χ0) is 21.0. The minimum Gasteiger partial charge on any atom is -0.325 e. The highest BCUT2D eigenvalue weighted by molar-refractivity contribution is 9.10. The Morgan fingerprint density at radius 3 is 2.34 bits per heavy atom. The smallest absolute Gasteiger partial charge is 0.325 e. The third kappa shape index (κ3) is 5.80. The molecule has 1 atom stereocenters. The van der Waals surface area contributed by atoms with Gasteiger partial charge in [0.25, 0.3) is 0 Å². The van der Waals surface area contributed by atoms with Crippen LogP contribution in [-0.4, -0.2) is 21.1 Å². The zero-order valence-corrected chi connectivity index (χ0v) is 17.5. The molecule has 1 unspecified atom stereocenters. The standard InChI is InChI=1S/C20H15BrF3N3OS/c1-12(18(28)25-15-9-7-14(21)8-10-15)29-19-26-16(13-5-3-2-4-6-13)11-17(27-19)20(22,23)24/h2-12H,1H3,(H,25,28). The molecule has 0 spiro atoms. The van der Waals surface area contributed by atoms with Crippen LogP contribution in [0.25, 0.3) is 11.3 Å². The first kappa shape index (κ1) is 21.3. The number of thioether (sulfide) groups is 1. The Balaban J connectivity index is 1.83. The number of nitrogens with zero attached hydrogens (tertiary/aromatic N) is 2. The Morgan fingerprint density at radius 2 is 1.72 bits per heavy atom. The van der Waals surface area contributed by atoms with Crippen LogP contribution in [0.3, 0.4) is 0 Å². The monoisotopic (exact) mass is 481 g/mol. The van der Waals surface area contributed by atoms with E-state index in [1.165, 1.54) is 0 Å². The molecule has 0 saturated carbocycles. The lowest BCUT2D eigenvalue weighted by Crippen LogP contribution is -2.23.